The van der Waals surface area contributed by atoms with Crippen LogP contribution in [0.3, 0.4) is 0 Å². The minimum atomic E-state index is 0.368. The number of benzene rings is 2. The molecular weight excluding hydrogens is 354 g/mol. The third-order valence-corrected chi connectivity index (χ3v) is 5.03. The molecule has 25 heavy (non-hydrogen) atoms. The third-order valence-electron chi connectivity index (χ3n) is 4.41. The lowest BCUT2D eigenvalue weighted by Gasteiger charge is -2.42. The maximum absolute atomic E-state index is 5.92. The Labute approximate surface area is 159 Å². The fraction of sp³-hybridized carbons (Fsp3) is 0.316. The van der Waals surface area contributed by atoms with Crippen molar-refractivity contribution < 1.29 is 4.74 Å². The Morgan fingerprint density at radius 2 is 1.80 bits per heavy atom. The quantitative estimate of drug-likeness (QED) is 0.809. The van der Waals surface area contributed by atoms with E-state index in [1.807, 2.05) is 36.4 Å². The van der Waals surface area contributed by atoms with Crippen molar-refractivity contribution in [3.8, 4) is 5.75 Å². The van der Waals surface area contributed by atoms with Gasteiger partial charge >= 0.3 is 0 Å². The van der Waals surface area contributed by atoms with E-state index in [0.29, 0.717) is 6.04 Å². The predicted octanol–water partition coefficient (Wildman–Crippen LogP) is 4.26. The molecule has 0 bridgehead atoms. The van der Waals surface area contributed by atoms with Gasteiger partial charge in [-0.05, 0) is 67.7 Å². The second kappa shape index (κ2) is 7.93. The predicted molar refractivity (Wildman–Crippen MR) is 109 cm³/mol. The number of piperazine rings is 1. The van der Waals surface area contributed by atoms with Gasteiger partial charge in [0.2, 0.25) is 0 Å². The highest BCUT2D eigenvalue weighted by Gasteiger charge is 2.25. The number of halogens is 1. The molecule has 132 valence electrons. The van der Waals surface area contributed by atoms with Crippen molar-refractivity contribution in [3.63, 3.8) is 0 Å². The number of ether oxygens (including phenoxy) is 1. The molecular formula is C19H22ClN3OS. The first-order chi connectivity index (χ1) is 12.1. The first kappa shape index (κ1) is 17.8. The normalized spacial score (nSPS) is 17.3. The average molecular weight is 376 g/mol. The van der Waals surface area contributed by atoms with Crippen LogP contribution >= 0.6 is 23.8 Å². The van der Waals surface area contributed by atoms with Gasteiger partial charge in [0.15, 0.2) is 5.11 Å². The summed E-state index contributed by atoms with van der Waals surface area (Å²) >= 11 is 11.5. The minimum absolute atomic E-state index is 0.368. The van der Waals surface area contributed by atoms with Crippen LogP contribution in [-0.4, -0.2) is 42.8 Å². The van der Waals surface area contributed by atoms with Crippen molar-refractivity contribution in [1.29, 1.82) is 0 Å². The molecule has 3 rings (SSSR count). The van der Waals surface area contributed by atoms with E-state index >= 15 is 0 Å². The molecule has 1 fully saturated rings. The summed E-state index contributed by atoms with van der Waals surface area (Å²) in [7, 11) is 1.69. The summed E-state index contributed by atoms with van der Waals surface area (Å²) < 4.78 is 5.24. The van der Waals surface area contributed by atoms with Crippen LogP contribution < -0.4 is 15.0 Å². The highest BCUT2D eigenvalue weighted by molar-refractivity contribution is 7.80. The summed E-state index contributed by atoms with van der Waals surface area (Å²) in [5.74, 6) is 0.878. The Morgan fingerprint density at radius 3 is 2.40 bits per heavy atom. The Balaban J connectivity index is 1.60. The fourth-order valence-electron chi connectivity index (χ4n) is 3.04. The van der Waals surface area contributed by atoms with E-state index in [9.17, 15) is 0 Å². The molecule has 0 saturated carbocycles. The van der Waals surface area contributed by atoms with Gasteiger partial charge in [0.25, 0.3) is 0 Å². The molecule has 0 amide bonds. The first-order valence-corrected chi connectivity index (χ1v) is 9.07. The largest absolute Gasteiger partial charge is 0.497 e. The van der Waals surface area contributed by atoms with Gasteiger partial charge < -0.3 is 19.9 Å². The van der Waals surface area contributed by atoms with Gasteiger partial charge in [-0.2, -0.15) is 0 Å². The summed E-state index contributed by atoms with van der Waals surface area (Å²) in [6, 6.07) is 16.2. The van der Waals surface area contributed by atoms with Gasteiger partial charge in [-0.3, -0.25) is 0 Å². The zero-order valence-electron chi connectivity index (χ0n) is 14.4. The van der Waals surface area contributed by atoms with Crippen LogP contribution in [0.5, 0.6) is 5.75 Å². The molecule has 0 spiro atoms. The number of rotatable bonds is 3. The molecule has 1 aliphatic heterocycles. The third kappa shape index (κ3) is 4.35. The lowest BCUT2D eigenvalue weighted by Crippen LogP contribution is -2.54. The molecule has 1 heterocycles. The summed E-state index contributed by atoms with van der Waals surface area (Å²) in [4.78, 5) is 4.62. The van der Waals surface area contributed by atoms with E-state index in [-0.39, 0.29) is 0 Å². The van der Waals surface area contributed by atoms with Crippen molar-refractivity contribution in [2.24, 2.45) is 0 Å². The van der Waals surface area contributed by atoms with Crippen LogP contribution in [0, 0.1) is 0 Å². The highest BCUT2D eigenvalue weighted by atomic mass is 35.5. The maximum atomic E-state index is 5.92. The Hall–Kier alpha value is -1.98. The number of nitrogens with one attached hydrogen (secondary N) is 1. The molecule has 1 atom stereocenters. The van der Waals surface area contributed by atoms with Crippen molar-refractivity contribution >= 4 is 40.3 Å². The molecule has 6 heteroatoms. The zero-order valence-corrected chi connectivity index (χ0v) is 16.0. The van der Waals surface area contributed by atoms with Gasteiger partial charge in [-0.1, -0.05) is 11.6 Å². The number of nitrogens with zero attached hydrogens (tertiary/aromatic N) is 2. The van der Waals surface area contributed by atoms with Crippen LogP contribution in [0.25, 0.3) is 0 Å². The van der Waals surface area contributed by atoms with Gasteiger partial charge in [-0.15, -0.1) is 0 Å². The van der Waals surface area contributed by atoms with Gasteiger partial charge in [0.1, 0.15) is 5.75 Å². The zero-order chi connectivity index (χ0) is 17.8. The first-order valence-electron chi connectivity index (χ1n) is 8.29. The van der Waals surface area contributed by atoms with Crippen LogP contribution in [0.4, 0.5) is 11.4 Å². The van der Waals surface area contributed by atoms with Crippen molar-refractivity contribution in [3.05, 3.63) is 53.6 Å². The van der Waals surface area contributed by atoms with E-state index < -0.39 is 0 Å². The van der Waals surface area contributed by atoms with Crippen molar-refractivity contribution in [2.75, 3.05) is 37.0 Å². The van der Waals surface area contributed by atoms with Gasteiger partial charge in [0, 0.05) is 42.1 Å². The highest BCUT2D eigenvalue weighted by Crippen LogP contribution is 2.24. The lowest BCUT2D eigenvalue weighted by molar-refractivity contribution is 0.342. The number of hydrogen-bond donors (Lipinski definition) is 1. The summed E-state index contributed by atoms with van der Waals surface area (Å²) in [6.07, 6.45) is 0. The van der Waals surface area contributed by atoms with Crippen LogP contribution in [0.15, 0.2) is 48.5 Å². The van der Waals surface area contributed by atoms with E-state index in [4.69, 9.17) is 28.6 Å². The summed E-state index contributed by atoms with van der Waals surface area (Å²) in [6.45, 7) is 4.92. The smallest absolute Gasteiger partial charge is 0.173 e. The Kier molecular flexibility index (Phi) is 5.66. The second-order valence-corrected chi connectivity index (χ2v) is 6.95. The van der Waals surface area contributed by atoms with E-state index in [2.05, 4.69) is 34.2 Å². The van der Waals surface area contributed by atoms with E-state index in [1.165, 1.54) is 5.69 Å². The van der Waals surface area contributed by atoms with Crippen LogP contribution in [-0.2, 0) is 0 Å². The van der Waals surface area contributed by atoms with Crippen molar-refractivity contribution in [1.82, 2.24) is 4.90 Å². The molecule has 1 N–H and O–H groups in total. The molecule has 2 aromatic rings. The molecule has 1 saturated heterocycles. The number of anilines is 2. The average Bonchev–Trinajstić information content (AvgIpc) is 2.63. The number of hydrogen-bond acceptors (Lipinski definition) is 3. The van der Waals surface area contributed by atoms with Gasteiger partial charge in [0.05, 0.1) is 7.11 Å². The SMILES string of the molecule is COc1ccc(N2CCN(C(=S)Nc3ccc(Cl)cc3)CC2C)cc1. The Morgan fingerprint density at radius 1 is 1.12 bits per heavy atom. The molecule has 0 aromatic heterocycles. The maximum Gasteiger partial charge on any atom is 0.173 e. The number of methoxy groups -OCH3 is 1. The summed E-state index contributed by atoms with van der Waals surface area (Å²) in [5.41, 5.74) is 2.17. The minimum Gasteiger partial charge on any atom is -0.497 e. The molecule has 1 aliphatic rings. The van der Waals surface area contributed by atoms with E-state index in [0.717, 1.165) is 41.2 Å². The molecule has 4 nitrogen and oxygen atoms in total. The van der Waals surface area contributed by atoms with E-state index in [1.54, 1.807) is 7.11 Å². The lowest BCUT2D eigenvalue weighted by atomic mass is 10.1. The Bertz CT molecular complexity index is 720. The molecule has 2 aromatic carbocycles. The topological polar surface area (TPSA) is 27.7 Å². The standard InChI is InChI=1S/C19H22ClN3OS/c1-14-13-22(19(25)21-16-5-3-15(20)4-6-16)11-12-23(14)17-7-9-18(24-2)10-8-17/h3-10,14H,11-13H2,1-2H3,(H,21,25). The van der Waals surface area contributed by atoms with Crippen molar-refractivity contribution in [2.45, 2.75) is 13.0 Å². The molecule has 1 unspecified atom stereocenters. The molecule has 0 aliphatic carbocycles. The second-order valence-electron chi connectivity index (χ2n) is 6.12. The van der Waals surface area contributed by atoms with Gasteiger partial charge in [-0.25, -0.2) is 0 Å². The van der Waals surface area contributed by atoms with Crippen LogP contribution in [0.1, 0.15) is 6.92 Å². The molecule has 0 radical (unpaired) electrons. The summed E-state index contributed by atoms with van der Waals surface area (Å²) in [5, 5.41) is 4.77. The number of thiocarbonyl (C=S) groups is 1. The van der Waals surface area contributed by atoms with Crippen LogP contribution in [0.2, 0.25) is 5.02 Å². The monoisotopic (exact) mass is 375 g/mol. The fourth-order valence-corrected chi connectivity index (χ4v) is 3.44.